The van der Waals surface area contributed by atoms with Crippen LogP contribution in [0.3, 0.4) is 0 Å². The fourth-order valence-electron chi connectivity index (χ4n) is 2.37. The standard InChI is InChI=1S/C15H18IN3O/c16-15-17-14(13-4-2-1-3-5-13)12-19(15)7-6-18-8-10-20-11-9-18/h1-5,12H,6-11H2. The molecule has 0 aliphatic carbocycles. The van der Waals surface area contributed by atoms with Gasteiger partial charge in [-0.2, -0.15) is 0 Å². The number of morpholine rings is 1. The van der Waals surface area contributed by atoms with E-state index in [9.17, 15) is 0 Å². The maximum atomic E-state index is 5.38. The van der Waals surface area contributed by atoms with Crippen LogP contribution < -0.4 is 0 Å². The van der Waals surface area contributed by atoms with Gasteiger partial charge < -0.3 is 9.30 Å². The minimum Gasteiger partial charge on any atom is -0.379 e. The molecule has 1 aliphatic rings. The molecule has 1 aliphatic heterocycles. The molecule has 1 aromatic heterocycles. The van der Waals surface area contributed by atoms with Crippen LogP contribution in [-0.2, 0) is 11.3 Å². The first-order chi connectivity index (χ1) is 9.83. The molecule has 1 aromatic carbocycles. The van der Waals surface area contributed by atoms with E-state index >= 15 is 0 Å². The van der Waals surface area contributed by atoms with E-state index in [0.717, 1.165) is 48.9 Å². The molecule has 2 heterocycles. The van der Waals surface area contributed by atoms with Crippen LogP contribution in [0.5, 0.6) is 0 Å². The highest BCUT2D eigenvalue weighted by Crippen LogP contribution is 2.19. The van der Waals surface area contributed by atoms with Crippen molar-refractivity contribution in [1.82, 2.24) is 14.5 Å². The fourth-order valence-corrected chi connectivity index (χ4v) is 3.01. The van der Waals surface area contributed by atoms with Crippen molar-refractivity contribution < 1.29 is 4.74 Å². The van der Waals surface area contributed by atoms with Crippen LogP contribution in [0, 0.1) is 3.83 Å². The van der Waals surface area contributed by atoms with Gasteiger partial charge in [-0.15, -0.1) is 0 Å². The molecule has 4 nitrogen and oxygen atoms in total. The largest absolute Gasteiger partial charge is 0.379 e. The van der Waals surface area contributed by atoms with Crippen LogP contribution in [-0.4, -0.2) is 47.3 Å². The lowest BCUT2D eigenvalue weighted by molar-refractivity contribution is 0.0363. The second-order valence-electron chi connectivity index (χ2n) is 4.91. The third-order valence-corrected chi connectivity index (χ3v) is 4.42. The number of ether oxygens (including phenoxy) is 1. The number of aromatic nitrogens is 2. The second kappa shape index (κ2) is 6.69. The molecule has 0 bridgehead atoms. The van der Waals surface area contributed by atoms with Gasteiger partial charge in [0.2, 0.25) is 0 Å². The van der Waals surface area contributed by atoms with Crippen molar-refractivity contribution in [2.75, 3.05) is 32.8 Å². The van der Waals surface area contributed by atoms with Gasteiger partial charge in [0.05, 0.1) is 18.9 Å². The number of hydrogen-bond acceptors (Lipinski definition) is 3. The Morgan fingerprint density at radius 3 is 2.60 bits per heavy atom. The number of benzene rings is 1. The van der Waals surface area contributed by atoms with E-state index in [0.29, 0.717) is 0 Å². The van der Waals surface area contributed by atoms with Gasteiger partial charge >= 0.3 is 0 Å². The molecule has 1 saturated heterocycles. The predicted octanol–water partition coefficient (Wildman–Crippen LogP) is 2.49. The Bertz CT molecular complexity index is 550. The molecule has 0 spiro atoms. The summed E-state index contributed by atoms with van der Waals surface area (Å²) in [6, 6.07) is 10.3. The highest BCUT2D eigenvalue weighted by Gasteiger charge is 2.12. The van der Waals surface area contributed by atoms with E-state index < -0.39 is 0 Å². The molecule has 20 heavy (non-hydrogen) atoms. The first-order valence-electron chi connectivity index (χ1n) is 6.91. The Morgan fingerprint density at radius 2 is 1.85 bits per heavy atom. The van der Waals surface area contributed by atoms with E-state index in [2.05, 4.69) is 67.5 Å². The minimum atomic E-state index is 0.857. The lowest BCUT2D eigenvalue weighted by Crippen LogP contribution is -2.38. The number of hydrogen-bond donors (Lipinski definition) is 0. The highest BCUT2D eigenvalue weighted by atomic mass is 127. The summed E-state index contributed by atoms with van der Waals surface area (Å²) in [5.41, 5.74) is 2.23. The average molecular weight is 383 g/mol. The van der Waals surface area contributed by atoms with Crippen LogP contribution in [0.25, 0.3) is 11.3 Å². The zero-order valence-electron chi connectivity index (χ0n) is 11.3. The lowest BCUT2D eigenvalue weighted by Gasteiger charge is -2.26. The summed E-state index contributed by atoms with van der Waals surface area (Å²) in [6.07, 6.45) is 2.15. The first kappa shape index (κ1) is 14.0. The summed E-state index contributed by atoms with van der Waals surface area (Å²) in [7, 11) is 0. The molecular formula is C15H18IN3O. The third-order valence-electron chi connectivity index (χ3n) is 3.56. The summed E-state index contributed by atoms with van der Waals surface area (Å²) in [4.78, 5) is 7.10. The highest BCUT2D eigenvalue weighted by molar-refractivity contribution is 14.1. The summed E-state index contributed by atoms with van der Waals surface area (Å²) in [6.45, 7) is 5.84. The Hall–Kier alpha value is -0.920. The fraction of sp³-hybridized carbons (Fsp3) is 0.400. The lowest BCUT2D eigenvalue weighted by atomic mass is 10.2. The molecule has 0 radical (unpaired) electrons. The van der Waals surface area contributed by atoms with Gasteiger partial charge in [-0.1, -0.05) is 30.3 Å². The van der Waals surface area contributed by atoms with E-state index in [-0.39, 0.29) is 0 Å². The van der Waals surface area contributed by atoms with Crippen molar-refractivity contribution in [3.05, 3.63) is 40.4 Å². The number of nitrogens with zero attached hydrogens (tertiary/aromatic N) is 3. The molecule has 3 rings (SSSR count). The van der Waals surface area contributed by atoms with Gasteiger partial charge in [-0.05, 0) is 22.6 Å². The SMILES string of the molecule is Ic1nc(-c2ccccc2)cn1CCN1CCOCC1. The van der Waals surface area contributed by atoms with Gasteiger partial charge in [0.25, 0.3) is 0 Å². The third kappa shape index (κ3) is 3.39. The maximum Gasteiger partial charge on any atom is 0.171 e. The van der Waals surface area contributed by atoms with E-state index in [1.807, 2.05) is 6.07 Å². The van der Waals surface area contributed by atoms with Gasteiger partial charge in [0, 0.05) is 37.9 Å². The van der Waals surface area contributed by atoms with Crippen molar-refractivity contribution in [2.45, 2.75) is 6.54 Å². The second-order valence-corrected chi connectivity index (χ2v) is 5.87. The molecule has 5 heteroatoms. The zero-order valence-corrected chi connectivity index (χ0v) is 13.5. The van der Waals surface area contributed by atoms with E-state index in [1.54, 1.807) is 0 Å². The Kier molecular flexibility index (Phi) is 4.69. The smallest absolute Gasteiger partial charge is 0.171 e. The van der Waals surface area contributed by atoms with Gasteiger partial charge in [0.15, 0.2) is 3.83 Å². The van der Waals surface area contributed by atoms with Crippen molar-refractivity contribution in [2.24, 2.45) is 0 Å². The Balaban J connectivity index is 1.66. The van der Waals surface area contributed by atoms with E-state index in [1.165, 1.54) is 5.56 Å². The van der Waals surface area contributed by atoms with Gasteiger partial charge in [-0.25, -0.2) is 4.98 Å². The first-order valence-corrected chi connectivity index (χ1v) is 7.99. The van der Waals surface area contributed by atoms with Crippen LogP contribution in [0.4, 0.5) is 0 Å². The molecule has 1 fully saturated rings. The van der Waals surface area contributed by atoms with Crippen molar-refractivity contribution in [1.29, 1.82) is 0 Å². The molecule has 0 atom stereocenters. The van der Waals surface area contributed by atoms with Crippen LogP contribution in [0.1, 0.15) is 0 Å². The van der Waals surface area contributed by atoms with Crippen molar-refractivity contribution in [3.63, 3.8) is 0 Å². The molecule has 0 unspecified atom stereocenters. The molecule has 0 amide bonds. The quantitative estimate of drug-likeness (QED) is 0.761. The van der Waals surface area contributed by atoms with Crippen LogP contribution >= 0.6 is 22.6 Å². The minimum absolute atomic E-state index is 0.857. The van der Waals surface area contributed by atoms with Gasteiger partial charge in [-0.3, -0.25) is 4.90 Å². The summed E-state index contributed by atoms with van der Waals surface area (Å²) >= 11 is 2.31. The topological polar surface area (TPSA) is 30.3 Å². The van der Waals surface area contributed by atoms with Crippen molar-refractivity contribution in [3.8, 4) is 11.3 Å². The van der Waals surface area contributed by atoms with Crippen LogP contribution in [0.15, 0.2) is 36.5 Å². The Morgan fingerprint density at radius 1 is 1.10 bits per heavy atom. The summed E-state index contributed by atoms with van der Waals surface area (Å²) in [5.74, 6) is 0. The number of imidazole rings is 1. The average Bonchev–Trinajstić information content (AvgIpc) is 2.88. The summed E-state index contributed by atoms with van der Waals surface area (Å²) in [5, 5.41) is 0. The van der Waals surface area contributed by atoms with Crippen molar-refractivity contribution >= 4 is 22.6 Å². The van der Waals surface area contributed by atoms with E-state index in [4.69, 9.17) is 4.74 Å². The molecule has 106 valence electrons. The van der Waals surface area contributed by atoms with Crippen LogP contribution in [0.2, 0.25) is 0 Å². The predicted molar refractivity (Wildman–Crippen MR) is 87.6 cm³/mol. The molecule has 2 aromatic rings. The zero-order chi connectivity index (χ0) is 13.8. The van der Waals surface area contributed by atoms with Gasteiger partial charge in [0.1, 0.15) is 0 Å². The molecule has 0 N–H and O–H groups in total. The number of rotatable bonds is 4. The molecular weight excluding hydrogens is 365 g/mol. The molecule has 0 saturated carbocycles. The maximum absolute atomic E-state index is 5.38. The summed E-state index contributed by atoms with van der Waals surface area (Å²) < 4.78 is 8.66. The Labute approximate surface area is 132 Å². The number of halogens is 1. The monoisotopic (exact) mass is 383 g/mol. The normalized spacial score (nSPS) is 16.4.